The lowest BCUT2D eigenvalue weighted by molar-refractivity contribution is -0.123. The summed E-state index contributed by atoms with van der Waals surface area (Å²) in [5.41, 5.74) is 0.666. The maximum Gasteiger partial charge on any atom is 0.263 e. The molecule has 0 radical (unpaired) electrons. The van der Waals surface area contributed by atoms with Crippen molar-refractivity contribution in [2.45, 2.75) is 19.0 Å². The summed E-state index contributed by atoms with van der Waals surface area (Å²) in [6, 6.07) is 9.97. The Morgan fingerprint density at radius 3 is 2.63 bits per heavy atom. The van der Waals surface area contributed by atoms with Crippen molar-refractivity contribution in [2.75, 3.05) is 23.4 Å². The molecule has 0 aromatic heterocycles. The fourth-order valence-corrected chi connectivity index (χ4v) is 3.38. The Labute approximate surface area is 171 Å². The van der Waals surface area contributed by atoms with Gasteiger partial charge in [0.1, 0.15) is 18.1 Å². The third-order valence-electron chi connectivity index (χ3n) is 4.68. The highest BCUT2D eigenvalue weighted by Crippen LogP contribution is 2.32. The van der Waals surface area contributed by atoms with E-state index in [0.717, 1.165) is 4.90 Å². The van der Waals surface area contributed by atoms with Crippen LogP contribution in [0.3, 0.4) is 0 Å². The molecular weight excluding hydrogens is 393 g/mol. The van der Waals surface area contributed by atoms with Gasteiger partial charge in [-0.3, -0.25) is 19.4 Å². The number of carbonyl (C=O) groups excluding carboxylic acids is 3. The molecule has 2 heterocycles. The van der Waals surface area contributed by atoms with E-state index < -0.39 is 35.6 Å². The summed E-state index contributed by atoms with van der Waals surface area (Å²) in [5, 5.41) is 11.4. The zero-order valence-corrected chi connectivity index (χ0v) is 16.0. The molecule has 4 rings (SSSR count). The largest absolute Gasteiger partial charge is 0.494 e. The molecule has 2 aromatic carbocycles. The van der Waals surface area contributed by atoms with Crippen molar-refractivity contribution < 1.29 is 23.5 Å². The zero-order chi connectivity index (χ0) is 21.3. The molecule has 10 heteroatoms. The van der Waals surface area contributed by atoms with E-state index in [1.165, 1.54) is 29.3 Å². The molecule has 154 valence electrons. The molecular formula is C20H18FN5O4. The van der Waals surface area contributed by atoms with Crippen molar-refractivity contribution in [2.24, 2.45) is 10.3 Å². The number of halogens is 1. The molecule has 2 atom stereocenters. The van der Waals surface area contributed by atoms with Crippen LogP contribution < -0.4 is 15.0 Å². The van der Waals surface area contributed by atoms with E-state index in [9.17, 15) is 18.8 Å². The molecule has 0 unspecified atom stereocenters. The smallest absolute Gasteiger partial charge is 0.263 e. The first-order valence-electron chi connectivity index (χ1n) is 9.31. The first kappa shape index (κ1) is 19.5. The van der Waals surface area contributed by atoms with Gasteiger partial charge in [-0.1, -0.05) is 11.3 Å². The van der Waals surface area contributed by atoms with Gasteiger partial charge in [0.25, 0.3) is 11.8 Å². The summed E-state index contributed by atoms with van der Waals surface area (Å²) < 4.78 is 18.6. The standard InChI is InChI=1S/C20H18FN5O4/c1-2-30-15-8-6-14(7-9-15)26-19(28)17-18(20(26)29)25(24-23-17)11-16(27)22-13-5-3-4-12(21)10-13/h3-10,17-18H,2,11H2,1H3,(H,22,27)/t17-,18+/m0/s1. The third-order valence-corrected chi connectivity index (χ3v) is 4.68. The average molecular weight is 411 g/mol. The average Bonchev–Trinajstić information content (AvgIpc) is 3.23. The number of imide groups is 1. The number of hydrogen-bond acceptors (Lipinski definition) is 7. The number of amides is 3. The number of benzene rings is 2. The van der Waals surface area contributed by atoms with Gasteiger partial charge >= 0.3 is 0 Å². The van der Waals surface area contributed by atoms with Crippen molar-refractivity contribution in [3.63, 3.8) is 0 Å². The molecule has 0 spiro atoms. The fourth-order valence-electron chi connectivity index (χ4n) is 3.38. The van der Waals surface area contributed by atoms with E-state index in [4.69, 9.17) is 4.74 Å². The number of fused-ring (bicyclic) bond motifs is 1. The molecule has 0 saturated carbocycles. The molecule has 9 nitrogen and oxygen atoms in total. The molecule has 2 aliphatic heterocycles. The topological polar surface area (TPSA) is 104 Å². The van der Waals surface area contributed by atoms with Gasteiger partial charge in [-0.15, -0.1) is 0 Å². The van der Waals surface area contributed by atoms with Crippen LogP contribution >= 0.6 is 0 Å². The lowest BCUT2D eigenvalue weighted by Crippen LogP contribution is -2.43. The van der Waals surface area contributed by atoms with Crippen LogP contribution in [0.15, 0.2) is 58.9 Å². The molecule has 0 bridgehead atoms. The summed E-state index contributed by atoms with van der Waals surface area (Å²) in [6.45, 7) is 2.04. The second-order valence-electron chi connectivity index (χ2n) is 6.69. The van der Waals surface area contributed by atoms with Crippen LogP contribution in [0.25, 0.3) is 0 Å². The van der Waals surface area contributed by atoms with Crippen molar-refractivity contribution in [1.29, 1.82) is 0 Å². The Morgan fingerprint density at radius 2 is 1.93 bits per heavy atom. The van der Waals surface area contributed by atoms with Gasteiger partial charge in [0.15, 0.2) is 12.1 Å². The van der Waals surface area contributed by atoms with Gasteiger partial charge < -0.3 is 10.1 Å². The highest BCUT2D eigenvalue weighted by Gasteiger charge is 2.55. The van der Waals surface area contributed by atoms with Crippen LogP contribution in [0.4, 0.5) is 15.8 Å². The lowest BCUT2D eigenvalue weighted by Gasteiger charge is -2.20. The van der Waals surface area contributed by atoms with Crippen LogP contribution in [-0.4, -0.2) is 48.0 Å². The van der Waals surface area contributed by atoms with Gasteiger partial charge in [-0.25, -0.2) is 9.29 Å². The maximum absolute atomic E-state index is 13.3. The Balaban J connectivity index is 1.46. The summed E-state index contributed by atoms with van der Waals surface area (Å²) in [6.07, 6.45) is 0. The summed E-state index contributed by atoms with van der Waals surface area (Å²) in [7, 11) is 0. The van der Waals surface area contributed by atoms with E-state index in [1.807, 2.05) is 6.92 Å². The highest BCUT2D eigenvalue weighted by atomic mass is 19.1. The summed E-state index contributed by atoms with van der Waals surface area (Å²) >= 11 is 0. The van der Waals surface area contributed by atoms with Gasteiger partial charge in [0.2, 0.25) is 5.91 Å². The van der Waals surface area contributed by atoms with E-state index in [0.29, 0.717) is 18.0 Å². The van der Waals surface area contributed by atoms with Crippen LogP contribution in [0, 0.1) is 5.82 Å². The second kappa shape index (κ2) is 7.90. The predicted molar refractivity (Wildman–Crippen MR) is 104 cm³/mol. The van der Waals surface area contributed by atoms with Crippen LogP contribution in [0.1, 0.15) is 6.92 Å². The van der Waals surface area contributed by atoms with Crippen LogP contribution in [-0.2, 0) is 14.4 Å². The van der Waals surface area contributed by atoms with Gasteiger partial charge in [0, 0.05) is 5.69 Å². The highest BCUT2D eigenvalue weighted by molar-refractivity contribution is 6.25. The van der Waals surface area contributed by atoms with E-state index in [1.54, 1.807) is 24.3 Å². The van der Waals surface area contributed by atoms with Crippen LogP contribution in [0.5, 0.6) is 5.75 Å². The number of carbonyl (C=O) groups is 3. The molecule has 1 fully saturated rings. The quantitative estimate of drug-likeness (QED) is 0.734. The van der Waals surface area contributed by atoms with E-state index >= 15 is 0 Å². The number of ether oxygens (including phenoxy) is 1. The van der Waals surface area contributed by atoms with Gasteiger partial charge in [-0.2, -0.15) is 5.11 Å². The number of rotatable bonds is 6. The number of anilines is 2. The molecule has 1 N–H and O–H groups in total. The normalized spacial score (nSPS) is 19.9. The van der Waals surface area contributed by atoms with Crippen molar-refractivity contribution >= 4 is 29.1 Å². The predicted octanol–water partition coefficient (Wildman–Crippen LogP) is 2.16. The number of hydrogen-bond donors (Lipinski definition) is 1. The second-order valence-corrected chi connectivity index (χ2v) is 6.69. The zero-order valence-electron chi connectivity index (χ0n) is 16.0. The number of nitrogens with one attached hydrogen (secondary N) is 1. The van der Waals surface area contributed by atoms with Crippen molar-refractivity contribution in [3.05, 3.63) is 54.3 Å². The van der Waals surface area contributed by atoms with E-state index in [2.05, 4.69) is 15.7 Å². The molecule has 0 aliphatic carbocycles. The summed E-state index contributed by atoms with van der Waals surface area (Å²) in [4.78, 5) is 39.0. The Morgan fingerprint density at radius 1 is 1.17 bits per heavy atom. The molecule has 30 heavy (non-hydrogen) atoms. The minimum Gasteiger partial charge on any atom is -0.494 e. The first-order chi connectivity index (χ1) is 14.5. The monoisotopic (exact) mass is 411 g/mol. The molecule has 2 aromatic rings. The SMILES string of the molecule is CCOc1ccc(N2C(=O)[C@H]3N=NN(CC(=O)Nc4cccc(F)c4)[C@H]3C2=O)cc1. The fraction of sp³-hybridized carbons (Fsp3) is 0.250. The minimum atomic E-state index is -1.01. The molecule has 2 aliphatic rings. The first-order valence-corrected chi connectivity index (χ1v) is 9.31. The lowest BCUT2D eigenvalue weighted by atomic mass is 10.1. The van der Waals surface area contributed by atoms with Crippen molar-refractivity contribution in [1.82, 2.24) is 5.01 Å². The Bertz CT molecular complexity index is 1030. The van der Waals surface area contributed by atoms with E-state index in [-0.39, 0.29) is 12.2 Å². The van der Waals surface area contributed by atoms with Crippen LogP contribution in [0.2, 0.25) is 0 Å². The maximum atomic E-state index is 13.3. The van der Waals surface area contributed by atoms with Gasteiger partial charge in [0.05, 0.1) is 12.3 Å². The molecule has 3 amide bonds. The van der Waals surface area contributed by atoms with Gasteiger partial charge in [-0.05, 0) is 49.4 Å². The summed E-state index contributed by atoms with van der Waals surface area (Å²) in [5.74, 6) is -1.41. The number of nitrogens with zero attached hydrogens (tertiary/aromatic N) is 4. The van der Waals surface area contributed by atoms with Crippen molar-refractivity contribution in [3.8, 4) is 5.75 Å². The Kier molecular flexibility index (Phi) is 5.13. The minimum absolute atomic E-state index is 0.275. The molecule has 1 saturated heterocycles. The third kappa shape index (κ3) is 3.59. The Hall–Kier alpha value is -3.82.